The van der Waals surface area contributed by atoms with Gasteiger partial charge in [0.05, 0.1) is 35.0 Å². The normalized spacial score (nSPS) is 13.2. The van der Waals surface area contributed by atoms with E-state index in [4.69, 9.17) is 23.7 Å². The highest BCUT2D eigenvalue weighted by atomic mass is 16.5. The highest BCUT2D eigenvalue weighted by Gasteiger charge is 2.33. The first-order chi connectivity index (χ1) is 13.2. The number of fused-ring (bicyclic) bond motifs is 1. The fourth-order valence-electron chi connectivity index (χ4n) is 3.92. The van der Waals surface area contributed by atoms with Crippen LogP contribution in [0.1, 0.15) is 24.0 Å². The second kappa shape index (κ2) is 8.89. The molecule has 0 radical (unpaired) electrons. The zero-order valence-electron chi connectivity index (χ0n) is 16.5. The summed E-state index contributed by atoms with van der Waals surface area (Å²) in [7, 11) is 6.59. The molecule has 0 spiro atoms. The largest absolute Gasteiger partial charge is 0.494 e. The number of para-hydroxylation sites is 1. The minimum Gasteiger partial charge on any atom is -0.494 e. The zero-order valence-corrected chi connectivity index (χ0v) is 16.5. The highest BCUT2D eigenvalue weighted by Crippen LogP contribution is 2.53. The SMILES string of the molecule is COc1c2c(c(OC)c(OC)c1OC)CC(CCCOc1ccccc1)C2. The van der Waals surface area contributed by atoms with Crippen LogP contribution in [0.5, 0.6) is 28.7 Å². The molecule has 5 nitrogen and oxygen atoms in total. The Labute approximate surface area is 161 Å². The van der Waals surface area contributed by atoms with Gasteiger partial charge < -0.3 is 23.7 Å². The van der Waals surface area contributed by atoms with Crippen molar-refractivity contribution in [1.82, 2.24) is 0 Å². The molecule has 1 aliphatic rings. The quantitative estimate of drug-likeness (QED) is 0.614. The molecule has 146 valence electrons. The van der Waals surface area contributed by atoms with Crippen LogP contribution in [0, 0.1) is 5.92 Å². The fourth-order valence-corrected chi connectivity index (χ4v) is 3.92. The average Bonchev–Trinajstić information content (AvgIpc) is 3.13. The van der Waals surface area contributed by atoms with Crippen molar-refractivity contribution in [3.8, 4) is 28.7 Å². The van der Waals surface area contributed by atoms with Gasteiger partial charge in [0.15, 0.2) is 11.5 Å². The Morgan fingerprint density at radius 1 is 0.741 bits per heavy atom. The molecule has 0 saturated carbocycles. The summed E-state index contributed by atoms with van der Waals surface area (Å²) >= 11 is 0. The van der Waals surface area contributed by atoms with Gasteiger partial charge in [-0.1, -0.05) is 18.2 Å². The minimum atomic E-state index is 0.527. The Balaban J connectivity index is 1.69. The molecule has 27 heavy (non-hydrogen) atoms. The van der Waals surface area contributed by atoms with E-state index in [1.165, 1.54) is 11.1 Å². The molecule has 0 amide bonds. The lowest BCUT2D eigenvalue weighted by Crippen LogP contribution is -2.04. The number of hydrogen-bond acceptors (Lipinski definition) is 5. The molecular formula is C22H28O5. The summed E-state index contributed by atoms with van der Waals surface area (Å²) in [6.07, 6.45) is 3.98. The molecule has 0 fully saturated rings. The van der Waals surface area contributed by atoms with Crippen molar-refractivity contribution in [3.05, 3.63) is 41.5 Å². The number of rotatable bonds is 9. The third-order valence-corrected chi connectivity index (χ3v) is 5.10. The van der Waals surface area contributed by atoms with Gasteiger partial charge in [-0.3, -0.25) is 0 Å². The molecule has 0 N–H and O–H groups in total. The van der Waals surface area contributed by atoms with Crippen LogP contribution < -0.4 is 23.7 Å². The van der Waals surface area contributed by atoms with Crippen LogP contribution in [-0.2, 0) is 12.8 Å². The molecule has 2 aromatic rings. The highest BCUT2D eigenvalue weighted by molar-refractivity contribution is 5.68. The van der Waals surface area contributed by atoms with Crippen molar-refractivity contribution < 1.29 is 23.7 Å². The molecule has 0 heterocycles. The summed E-state index contributed by atoms with van der Waals surface area (Å²) in [4.78, 5) is 0. The number of ether oxygens (including phenoxy) is 5. The molecule has 1 aliphatic carbocycles. The fraction of sp³-hybridized carbons (Fsp3) is 0.455. The number of benzene rings is 2. The molecule has 0 aromatic heterocycles. The average molecular weight is 372 g/mol. The second-order valence-corrected chi connectivity index (χ2v) is 6.67. The molecule has 0 saturated heterocycles. The van der Waals surface area contributed by atoms with Gasteiger partial charge in [0.25, 0.3) is 0 Å². The van der Waals surface area contributed by atoms with Gasteiger partial charge in [-0.05, 0) is 43.7 Å². The first-order valence-electron chi connectivity index (χ1n) is 9.28. The predicted molar refractivity (Wildman–Crippen MR) is 105 cm³/mol. The second-order valence-electron chi connectivity index (χ2n) is 6.67. The number of methoxy groups -OCH3 is 4. The number of hydrogen-bond donors (Lipinski definition) is 0. The van der Waals surface area contributed by atoms with E-state index in [0.29, 0.717) is 17.4 Å². The van der Waals surface area contributed by atoms with Crippen molar-refractivity contribution in [3.63, 3.8) is 0 Å². The molecule has 0 atom stereocenters. The molecule has 5 heteroatoms. The van der Waals surface area contributed by atoms with E-state index in [0.717, 1.165) is 49.5 Å². The summed E-state index contributed by atoms with van der Waals surface area (Å²) in [6.45, 7) is 0.720. The Morgan fingerprint density at radius 2 is 1.26 bits per heavy atom. The molecular weight excluding hydrogens is 344 g/mol. The van der Waals surface area contributed by atoms with Crippen LogP contribution in [0.2, 0.25) is 0 Å². The molecule has 3 rings (SSSR count). The van der Waals surface area contributed by atoms with Crippen molar-refractivity contribution in [2.24, 2.45) is 5.92 Å². The lowest BCUT2D eigenvalue weighted by molar-refractivity contribution is 0.293. The monoisotopic (exact) mass is 372 g/mol. The third-order valence-electron chi connectivity index (χ3n) is 5.10. The Hall–Kier alpha value is -2.56. The standard InChI is InChI=1S/C22H28O5/c1-23-19-17-13-15(9-8-12-27-16-10-6-5-7-11-16)14-18(17)20(24-2)22(26-4)21(19)25-3/h5-7,10-11,15H,8-9,12-14H2,1-4H3. The van der Waals surface area contributed by atoms with Crippen LogP contribution in [0.4, 0.5) is 0 Å². The molecule has 0 unspecified atom stereocenters. The smallest absolute Gasteiger partial charge is 0.207 e. The van der Waals surface area contributed by atoms with Crippen molar-refractivity contribution in [2.75, 3.05) is 35.0 Å². The van der Waals surface area contributed by atoms with Gasteiger partial charge in [0.2, 0.25) is 11.5 Å². The zero-order chi connectivity index (χ0) is 19.2. The summed E-state index contributed by atoms with van der Waals surface area (Å²) in [5, 5.41) is 0. The summed E-state index contributed by atoms with van der Waals surface area (Å²) < 4.78 is 28.3. The Kier molecular flexibility index (Phi) is 6.32. The summed E-state index contributed by atoms with van der Waals surface area (Å²) in [5.74, 6) is 4.16. The van der Waals surface area contributed by atoms with Gasteiger partial charge in [0, 0.05) is 11.1 Å². The van der Waals surface area contributed by atoms with Crippen LogP contribution in [0.25, 0.3) is 0 Å². The Morgan fingerprint density at radius 3 is 1.74 bits per heavy atom. The van der Waals surface area contributed by atoms with Crippen molar-refractivity contribution >= 4 is 0 Å². The molecule has 0 aliphatic heterocycles. The van der Waals surface area contributed by atoms with Crippen molar-refractivity contribution in [2.45, 2.75) is 25.7 Å². The van der Waals surface area contributed by atoms with Crippen molar-refractivity contribution in [1.29, 1.82) is 0 Å². The van der Waals surface area contributed by atoms with E-state index in [1.54, 1.807) is 28.4 Å². The van der Waals surface area contributed by atoms with Gasteiger partial charge in [-0.25, -0.2) is 0 Å². The minimum absolute atomic E-state index is 0.527. The van der Waals surface area contributed by atoms with Gasteiger partial charge in [-0.2, -0.15) is 0 Å². The topological polar surface area (TPSA) is 46.2 Å². The summed E-state index contributed by atoms with van der Waals surface area (Å²) in [6, 6.07) is 9.94. The van der Waals surface area contributed by atoms with Crippen LogP contribution in [0.15, 0.2) is 30.3 Å². The third kappa shape index (κ3) is 3.92. The van der Waals surface area contributed by atoms with E-state index < -0.39 is 0 Å². The lowest BCUT2D eigenvalue weighted by Gasteiger charge is -2.19. The maximum Gasteiger partial charge on any atom is 0.207 e. The molecule has 0 bridgehead atoms. The lowest BCUT2D eigenvalue weighted by atomic mass is 10.0. The van der Waals surface area contributed by atoms with E-state index in [9.17, 15) is 0 Å². The maximum atomic E-state index is 5.82. The van der Waals surface area contributed by atoms with Crippen LogP contribution in [-0.4, -0.2) is 35.0 Å². The summed E-state index contributed by atoms with van der Waals surface area (Å²) in [5.41, 5.74) is 2.34. The Bertz CT molecular complexity index is 716. The van der Waals surface area contributed by atoms with Gasteiger partial charge >= 0.3 is 0 Å². The first-order valence-corrected chi connectivity index (χ1v) is 9.28. The molecule has 2 aromatic carbocycles. The van der Waals surface area contributed by atoms with E-state index in [2.05, 4.69) is 0 Å². The maximum absolute atomic E-state index is 5.82. The van der Waals surface area contributed by atoms with E-state index in [1.807, 2.05) is 30.3 Å². The predicted octanol–water partition coefficient (Wildman–Crippen LogP) is 4.30. The van der Waals surface area contributed by atoms with Crippen LogP contribution in [0.3, 0.4) is 0 Å². The van der Waals surface area contributed by atoms with Gasteiger partial charge in [-0.15, -0.1) is 0 Å². The van der Waals surface area contributed by atoms with E-state index >= 15 is 0 Å². The van der Waals surface area contributed by atoms with Gasteiger partial charge in [0.1, 0.15) is 5.75 Å². The van der Waals surface area contributed by atoms with E-state index in [-0.39, 0.29) is 0 Å². The van der Waals surface area contributed by atoms with Crippen LogP contribution >= 0.6 is 0 Å². The first kappa shape index (κ1) is 19.2.